The molecule has 6 rings (SSSR count). The van der Waals surface area contributed by atoms with E-state index in [2.05, 4.69) is 59.0 Å². The number of carbonyl (C=O) groups is 1. The lowest BCUT2D eigenvalue weighted by atomic mass is 9.73. The number of aryl methyl sites for hydroxylation is 2. The van der Waals surface area contributed by atoms with Gasteiger partial charge in [-0.05, 0) is 81.0 Å². The van der Waals surface area contributed by atoms with E-state index in [1.54, 1.807) is 0 Å². The van der Waals surface area contributed by atoms with E-state index in [9.17, 15) is 4.79 Å². The zero-order valence-corrected chi connectivity index (χ0v) is 18.9. The van der Waals surface area contributed by atoms with Crippen LogP contribution in [0.15, 0.2) is 67.4 Å². The van der Waals surface area contributed by atoms with Gasteiger partial charge < -0.3 is 5.32 Å². The molecule has 164 valence electrons. The number of amides is 1. The molecule has 3 aromatic rings. The molecule has 2 aromatic carbocycles. The highest BCUT2D eigenvalue weighted by atomic mass is 16.1. The summed E-state index contributed by atoms with van der Waals surface area (Å²) in [4.78, 5) is 20.5. The summed E-state index contributed by atoms with van der Waals surface area (Å²) in [5.41, 5.74) is 5.19. The average molecular weight is 426 g/mol. The van der Waals surface area contributed by atoms with Crippen LogP contribution in [0.1, 0.15) is 45.9 Å². The molecule has 0 radical (unpaired) electrons. The van der Waals surface area contributed by atoms with Crippen molar-refractivity contribution >= 4 is 16.8 Å². The molecule has 3 saturated heterocycles. The fourth-order valence-corrected chi connectivity index (χ4v) is 5.59. The minimum Gasteiger partial charge on any atom is -0.344 e. The second-order valence-electron chi connectivity index (χ2n) is 9.48. The molecule has 1 amide bonds. The second-order valence-corrected chi connectivity index (χ2v) is 9.48. The predicted molar refractivity (Wildman–Crippen MR) is 130 cm³/mol. The topological polar surface area (TPSA) is 45.2 Å². The van der Waals surface area contributed by atoms with Crippen LogP contribution in [-0.4, -0.2) is 34.9 Å². The van der Waals surface area contributed by atoms with Crippen LogP contribution < -0.4 is 5.32 Å². The third kappa shape index (κ3) is 3.84. The number of carbonyl (C=O) groups excluding carboxylic acids is 1. The molecule has 2 bridgehead atoms. The first-order valence-electron chi connectivity index (χ1n) is 11.6. The van der Waals surface area contributed by atoms with Crippen molar-refractivity contribution in [2.45, 2.75) is 38.8 Å². The molecule has 1 unspecified atom stereocenters. The van der Waals surface area contributed by atoms with Gasteiger partial charge >= 0.3 is 0 Å². The summed E-state index contributed by atoms with van der Waals surface area (Å²) in [6, 6.07) is 16.5. The zero-order chi connectivity index (χ0) is 22.2. The van der Waals surface area contributed by atoms with Gasteiger partial charge in [-0.3, -0.25) is 14.7 Å². The Morgan fingerprint density at radius 3 is 2.66 bits per heavy atom. The monoisotopic (exact) mass is 425 g/mol. The van der Waals surface area contributed by atoms with E-state index < -0.39 is 0 Å². The second kappa shape index (κ2) is 8.51. The molecule has 0 aliphatic carbocycles. The summed E-state index contributed by atoms with van der Waals surface area (Å²) < 4.78 is 0. The lowest BCUT2D eigenvalue weighted by molar-refractivity contribution is 0.00171. The summed E-state index contributed by atoms with van der Waals surface area (Å²) in [6.07, 6.45) is 6.28. The maximum Gasteiger partial charge on any atom is 0.251 e. The van der Waals surface area contributed by atoms with Crippen molar-refractivity contribution in [2.75, 3.05) is 13.1 Å². The highest BCUT2D eigenvalue weighted by molar-refractivity contribution is 5.95. The zero-order valence-electron chi connectivity index (χ0n) is 18.9. The van der Waals surface area contributed by atoms with Gasteiger partial charge in [0.1, 0.15) is 0 Å². The molecule has 3 fully saturated rings. The number of aromatic nitrogens is 1. The average Bonchev–Trinajstić information content (AvgIpc) is 2.82. The van der Waals surface area contributed by atoms with Gasteiger partial charge in [0, 0.05) is 29.7 Å². The molecule has 1 N–H and O–H groups in total. The normalized spacial score (nSPS) is 25.4. The number of rotatable bonds is 5. The summed E-state index contributed by atoms with van der Waals surface area (Å²) in [7, 11) is 0. The summed E-state index contributed by atoms with van der Waals surface area (Å²) >= 11 is 0. The van der Waals surface area contributed by atoms with Gasteiger partial charge in [-0.2, -0.15) is 0 Å². The van der Waals surface area contributed by atoms with Crippen molar-refractivity contribution < 1.29 is 4.79 Å². The third-order valence-electron chi connectivity index (χ3n) is 7.40. The van der Waals surface area contributed by atoms with Crippen LogP contribution in [0.25, 0.3) is 10.9 Å². The number of nitrogens with zero attached hydrogens (tertiary/aromatic N) is 2. The molecular formula is C28H31N3O. The smallest absolute Gasteiger partial charge is 0.251 e. The van der Waals surface area contributed by atoms with E-state index in [0.717, 1.165) is 41.5 Å². The fourth-order valence-electron chi connectivity index (χ4n) is 5.59. The van der Waals surface area contributed by atoms with E-state index >= 15 is 0 Å². The number of fused-ring (bicyclic) bond motifs is 4. The van der Waals surface area contributed by atoms with Gasteiger partial charge in [0.2, 0.25) is 0 Å². The number of hydrogen-bond donors (Lipinski definition) is 1. The molecule has 4 nitrogen and oxygen atoms in total. The number of hydrogen-bond acceptors (Lipinski definition) is 3. The van der Waals surface area contributed by atoms with E-state index in [-0.39, 0.29) is 18.0 Å². The van der Waals surface area contributed by atoms with Crippen LogP contribution in [0.5, 0.6) is 0 Å². The Bertz CT molecular complexity index is 1150. The van der Waals surface area contributed by atoms with E-state index in [0.29, 0.717) is 17.4 Å². The molecule has 1 aromatic heterocycles. The first-order chi connectivity index (χ1) is 15.5. The molecule has 0 spiro atoms. The number of piperidine rings is 3. The number of pyridine rings is 1. The highest BCUT2D eigenvalue weighted by Crippen LogP contribution is 2.42. The van der Waals surface area contributed by atoms with Gasteiger partial charge in [-0.15, -0.1) is 6.58 Å². The van der Waals surface area contributed by atoms with E-state index in [4.69, 9.17) is 0 Å². The predicted octanol–water partition coefficient (Wildman–Crippen LogP) is 5.22. The van der Waals surface area contributed by atoms with Gasteiger partial charge in [0.05, 0.1) is 11.6 Å². The molecule has 32 heavy (non-hydrogen) atoms. The quantitative estimate of drug-likeness (QED) is 0.570. The molecule has 3 aliphatic heterocycles. The fraction of sp³-hybridized carbons (Fsp3) is 0.357. The Morgan fingerprint density at radius 1 is 1.16 bits per heavy atom. The molecule has 4 heterocycles. The van der Waals surface area contributed by atoms with Gasteiger partial charge in [0.15, 0.2) is 0 Å². The molecule has 0 saturated carbocycles. The number of nitrogens with one attached hydrogen (secondary N) is 1. The van der Waals surface area contributed by atoms with Crippen LogP contribution in [-0.2, 0) is 0 Å². The minimum atomic E-state index is -0.0929. The summed E-state index contributed by atoms with van der Waals surface area (Å²) in [5.74, 6) is 1.16. The van der Waals surface area contributed by atoms with Crippen LogP contribution in [0.3, 0.4) is 0 Å². The largest absolute Gasteiger partial charge is 0.344 e. The SMILES string of the molecule is C=C[C@H]1CN2CC[C@H]1C[C@@H]2[C@H](NC(=O)c1ccc(C)cc1)c1ccnc2ccc(C)cc12. The Balaban J connectivity index is 1.55. The van der Waals surface area contributed by atoms with Crippen molar-refractivity contribution in [3.63, 3.8) is 0 Å². The van der Waals surface area contributed by atoms with Crippen LogP contribution in [0.2, 0.25) is 0 Å². The van der Waals surface area contributed by atoms with Gasteiger partial charge in [-0.25, -0.2) is 0 Å². The molecular weight excluding hydrogens is 394 g/mol. The maximum atomic E-state index is 13.4. The number of benzene rings is 2. The minimum absolute atomic E-state index is 0.0180. The Morgan fingerprint density at radius 2 is 1.94 bits per heavy atom. The van der Waals surface area contributed by atoms with E-state index in [1.807, 2.05) is 37.4 Å². The standard InChI is InChI=1S/C28H31N3O/c1-4-20-17-31-14-12-22(20)16-26(31)27(30-28(32)21-8-5-18(2)6-9-21)23-11-13-29-25-10-7-19(3)15-24(23)25/h4-11,13,15,20,22,26-27H,1,12,14,16-17H2,2-3H3,(H,30,32)/t20-,22-,26+,27+/m0/s1. The Hall–Kier alpha value is -2.98. The maximum absolute atomic E-state index is 13.4. The molecule has 4 heteroatoms. The van der Waals surface area contributed by atoms with Crippen LogP contribution in [0, 0.1) is 25.7 Å². The lowest BCUT2D eigenvalue weighted by Gasteiger charge is -2.51. The van der Waals surface area contributed by atoms with Gasteiger partial charge in [0.25, 0.3) is 5.91 Å². The summed E-state index contributed by atoms with van der Waals surface area (Å²) in [6.45, 7) is 10.3. The van der Waals surface area contributed by atoms with Crippen molar-refractivity contribution in [3.8, 4) is 0 Å². The first kappa shape index (κ1) is 20.9. The van der Waals surface area contributed by atoms with Gasteiger partial charge in [-0.1, -0.05) is 35.4 Å². The third-order valence-corrected chi connectivity index (χ3v) is 7.40. The highest BCUT2D eigenvalue weighted by Gasteiger charge is 2.43. The Kier molecular flexibility index (Phi) is 5.56. The summed E-state index contributed by atoms with van der Waals surface area (Å²) in [5, 5.41) is 4.56. The van der Waals surface area contributed by atoms with E-state index in [1.165, 1.54) is 12.0 Å². The van der Waals surface area contributed by atoms with Crippen LogP contribution >= 0.6 is 0 Å². The van der Waals surface area contributed by atoms with Crippen molar-refractivity contribution in [2.24, 2.45) is 11.8 Å². The van der Waals surface area contributed by atoms with Crippen LogP contribution in [0.4, 0.5) is 0 Å². The van der Waals surface area contributed by atoms with Crippen molar-refractivity contribution in [1.29, 1.82) is 0 Å². The molecule has 3 aliphatic rings. The lowest BCUT2D eigenvalue weighted by Crippen LogP contribution is -2.57. The van der Waals surface area contributed by atoms with Crippen molar-refractivity contribution in [1.82, 2.24) is 15.2 Å². The Labute approximate surface area is 190 Å². The first-order valence-corrected chi connectivity index (χ1v) is 11.6. The molecule has 5 atom stereocenters. The van der Waals surface area contributed by atoms with Crippen molar-refractivity contribution in [3.05, 3.63) is 89.6 Å².